The molecule has 2 atom stereocenters. The van der Waals surface area contributed by atoms with E-state index in [2.05, 4.69) is 22.6 Å². The fourth-order valence-corrected chi connectivity index (χ4v) is 4.09. The van der Waals surface area contributed by atoms with Crippen molar-refractivity contribution < 1.29 is 14.4 Å². The quantitative estimate of drug-likeness (QED) is 0.669. The molecule has 150 valence electrons. The second-order valence-electron chi connectivity index (χ2n) is 8.35. The van der Waals surface area contributed by atoms with Crippen molar-refractivity contribution in [2.75, 3.05) is 0 Å². The molecule has 1 heterocycles. The first-order valence-corrected chi connectivity index (χ1v) is 10.2. The molecule has 1 aliphatic carbocycles. The van der Waals surface area contributed by atoms with E-state index in [1.54, 1.807) is 0 Å². The van der Waals surface area contributed by atoms with E-state index in [1.165, 1.54) is 0 Å². The van der Waals surface area contributed by atoms with Gasteiger partial charge < -0.3 is 10.2 Å². The molecular formula is C24H26N2O3. The van der Waals surface area contributed by atoms with Gasteiger partial charge in [0.25, 0.3) is 0 Å². The maximum absolute atomic E-state index is 12.6. The normalized spacial score (nSPS) is 21.4. The number of carbonyl (C=O) groups excluding carboxylic acids is 2. The predicted octanol–water partition coefficient (Wildman–Crippen LogP) is 4.04. The number of nitrogens with one attached hydrogen (secondary N) is 1. The van der Waals surface area contributed by atoms with Gasteiger partial charge in [-0.05, 0) is 43.0 Å². The molecule has 2 aliphatic rings. The Kier molecular flexibility index (Phi) is 4.99. The van der Waals surface area contributed by atoms with E-state index in [0.717, 1.165) is 33.5 Å². The second kappa shape index (κ2) is 7.47. The van der Waals surface area contributed by atoms with E-state index in [1.807, 2.05) is 58.0 Å². The van der Waals surface area contributed by atoms with Gasteiger partial charge in [0.05, 0.1) is 12.0 Å². The Bertz CT molecular complexity index is 1010. The number of rotatable bonds is 5. The molecule has 1 amide bonds. The van der Waals surface area contributed by atoms with Gasteiger partial charge >= 0.3 is 0 Å². The fraction of sp³-hybridized carbons (Fsp3) is 0.375. The molecule has 1 saturated heterocycles. The van der Waals surface area contributed by atoms with Gasteiger partial charge in [-0.2, -0.15) is 0 Å². The molecule has 0 spiro atoms. The number of hydrogen-bond donors (Lipinski definition) is 1. The smallest absolute Gasteiger partial charge is 0.228 e. The number of fused-ring (bicyclic) bond motifs is 3. The van der Waals surface area contributed by atoms with Crippen LogP contribution >= 0.6 is 0 Å². The van der Waals surface area contributed by atoms with Gasteiger partial charge in [0.2, 0.25) is 5.91 Å². The highest BCUT2D eigenvalue weighted by Gasteiger charge is 2.38. The average Bonchev–Trinajstić information content (AvgIpc) is 3.23. The molecule has 0 aromatic heterocycles. The zero-order valence-electron chi connectivity index (χ0n) is 17.2. The molecule has 1 fully saturated rings. The molecule has 0 radical (unpaired) electrons. The molecule has 1 N–H and O–H groups in total. The molecule has 4 rings (SSSR count). The molecule has 5 heteroatoms. The predicted molar refractivity (Wildman–Crippen MR) is 113 cm³/mol. The number of amides is 1. The van der Waals surface area contributed by atoms with Crippen LogP contribution in [-0.4, -0.2) is 29.5 Å². The molecule has 2 aromatic rings. The van der Waals surface area contributed by atoms with Crippen LogP contribution in [0.5, 0.6) is 0 Å². The SMILES string of the molecule is CC(C)O/N=C1\c2ccccc2-c2cc(C3C[C@@H](C(=O)C(C)C)NC3=O)ccc21. The van der Waals surface area contributed by atoms with E-state index in [-0.39, 0.29) is 29.6 Å². The largest absolute Gasteiger partial charge is 0.393 e. The van der Waals surface area contributed by atoms with Crippen LogP contribution in [0.1, 0.15) is 56.7 Å². The molecule has 29 heavy (non-hydrogen) atoms. The summed E-state index contributed by atoms with van der Waals surface area (Å²) >= 11 is 0. The van der Waals surface area contributed by atoms with Crippen molar-refractivity contribution in [3.63, 3.8) is 0 Å². The minimum Gasteiger partial charge on any atom is -0.393 e. The Morgan fingerprint density at radius 1 is 1.03 bits per heavy atom. The highest BCUT2D eigenvalue weighted by atomic mass is 16.6. The number of nitrogens with zero attached hydrogens (tertiary/aromatic N) is 1. The molecule has 0 bridgehead atoms. The zero-order chi connectivity index (χ0) is 20.7. The van der Waals surface area contributed by atoms with Crippen LogP contribution < -0.4 is 5.32 Å². The van der Waals surface area contributed by atoms with Crippen LogP contribution in [0.4, 0.5) is 0 Å². The van der Waals surface area contributed by atoms with Gasteiger partial charge in [-0.15, -0.1) is 0 Å². The topological polar surface area (TPSA) is 67.8 Å². The van der Waals surface area contributed by atoms with E-state index in [4.69, 9.17) is 4.84 Å². The third-order valence-corrected chi connectivity index (χ3v) is 5.55. The Labute approximate surface area is 171 Å². The van der Waals surface area contributed by atoms with Crippen LogP contribution in [0.25, 0.3) is 11.1 Å². The number of carbonyl (C=O) groups is 2. The number of ketones is 1. The van der Waals surface area contributed by atoms with Gasteiger partial charge in [-0.25, -0.2) is 0 Å². The summed E-state index contributed by atoms with van der Waals surface area (Å²) in [6, 6.07) is 13.7. The second-order valence-corrected chi connectivity index (χ2v) is 8.35. The van der Waals surface area contributed by atoms with Crippen molar-refractivity contribution in [1.29, 1.82) is 0 Å². The minimum atomic E-state index is -0.399. The van der Waals surface area contributed by atoms with E-state index < -0.39 is 6.04 Å². The number of benzene rings is 2. The summed E-state index contributed by atoms with van der Waals surface area (Å²) in [6.07, 6.45) is 0.504. The highest BCUT2D eigenvalue weighted by molar-refractivity contribution is 6.24. The van der Waals surface area contributed by atoms with Crippen LogP contribution in [-0.2, 0) is 14.4 Å². The van der Waals surface area contributed by atoms with Crippen LogP contribution in [0.2, 0.25) is 0 Å². The van der Waals surface area contributed by atoms with Gasteiger partial charge in [-0.3, -0.25) is 9.59 Å². The first-order valence-electron chi connectivity index (χ1n) is 10.2. The van der Waals surface area contributed by atoms with Gasteiger partial charge in [-0.1, -0.05) is 55.4 Å². The summed E-state index contributed by atoms with van der Waals surface area (Å²) in [5.74, 6) is -0.390. The Hall–Kier alpha value is -2.95. The van der Waals surface area contributed by atoms with Crippen LogP contribution in [0.15, 0.2) is 47.6 Å². The first kappa shape index (κ1) is 19.4. The fourth-order valence-electron chi connectivity index (χ4n) is 4.09. The van der Waals surface area contributed by atoms with Crippen molar-refractivity contribution in [2.45, 2.75) is 52.2 Å². The van der Waals surface area contributed by atoms with Crippen molar-refractivity contribution >= 4 is 17.4 Å². The van der Waals surface area contributed by atoms with Crippen molar-refractivity contribution in [3.8, 4) is 11.1 Å². The van der Waals surface area contributed by atoms with E-state index in [0.29, 0.717) is 6.42 Å². The number of oxime groups is 1. The van der Waals surface area contributed by atoms with Crippen molar-refractivity contribution in [1.82, 2.24) is 5.32 Å². The maximum Gasteiger partial charge on any atom is 0.228 e. The summed E-state index contributed by atoms with van der Waals surface area (Å²) in [7, 11) is 0. The average molecular weight is 390 g/mol. The molecule has 1 unspecified atom stereocenters. The molecule has 0 saturated carbocycles. The molecule has 2 aromatic carbocycles. The summed E-state index contributed by atoms with van der Waals surface area (Å²) in [4.78, 5) is 30.5. The highest BCUT2D eigenvalue weighted by Crippen LogP contribution is 2.40. The number of hydrogen-bond acceptors (Lipinski definition) is 4. The monoisotopic (exact) mass is 390 g/mol. The Morgan fingerprint density at radius 3 is 2.41 bits per heavy atom. The Morgan fingerprint density at radius 2 is 1.72 bits per heavy atom. The lowest BCUT2D eigenvalue weighted by Gasteiger charge is -2.12. The van der Waals surface area contributed by atoms with Crippen molar-refractivity contribution in [2.24, 2.45) is 11.1 Å². The van der Waals surface area contributed by atoms with E-state index >= 15 is 0 Å². The zero-order valence-corrected chi connectivity index (χ0v) is 17.2. The van der Waals surface area contributed by atoms with Gasteiger partial charge in [0, 0.05) is 17.0 Å². The molecule has 5 nitrogen and oxygen atoms in total. The summed E-state index contributed by atoms with van der Waals surface area (Å²) in [6.45, 7) is 7.63. The Balaban J connectivity index is 1.71. The lowest BCUT2D eigenvalue weighted by atomic mass is 9.90. The summed E-state index contributed by atoms with van der Waals surface area (Å²) in [5.41, 5.74) is 5.92. The van der Waals surface area contributed by atoms with Crippen LogP contribution in [0, 0.1) is 5.92 Å². The number of Topliss-reactive ketones (excluding diaryl/α,β-unsaturated/α-hetero) is 1. The van der Waals surface area contributed by atoms with Crippen molar-refractivity contribution in [3.05, 3.63) is 59.2 Å². The van der Waals surface area contributed by atoms with Crippen LogP contribution in [0.3, 0.4) is 0 Å². The standard InChI is InChI=1S/C24H26N2O3/c1-13(2)23(27)21-12-19(24(28)25-21)15-9-10-18-20(11-15)16-7-5-6-8-17(16)22(18)26-29-14(3)4/h5-11,13-14,19,21H,12H2,1-4H3,(H,25,28)/b26-22+/t19?,21-/m0/s1. The first-order chi connectivity index (χ1) is 13.9. The molecular weight excluding hydrogens is 364 g/mol. The summed E-state index contributed by atoms with van der Waals surface area (Å²) < 4.78 is 0. The van der Waals surface area contributed by atoms with E-state index in [9.17, 15) is 9.59 Å². The minimum absolute atomic E-state index is 0.00408. The molecule has 1 aliphatic heterocycles. The lowest BCUT2D eigenvalue weighted by molar-refractivity contribution is -0.126. The van der Waals surface area contributed by atoms with Gasteiger partial charge in [0.15, 0.2) is 5.78 Å². The summed E-state index contributed by atoms with van der Waals surface area (Å²) in [5, 5.41) is 7.27. The third-order valence-electron chi connectivity index (χ3n) is 5.55. The lowest BCUT2D eigenvalue weighted by Crippen LogP contribution is -2.35. The van der Waals surface area contributed by atoms with Gasteiger partial charge in [0.1, 0.15) is 11.8 Å². The third kappa shape index (κ3) is 3.46. The maximum atomic E-state index is 12.6.